The first-order valence-electron chi connectivity index (χ1n) is 8.44. The molecular weight excluding hydrogens is 569 g/mol. The molecule has 30 heavy (non-hydrogen) atoms. The number of aliphatic hydroxyl groups is 2. The van der Waals surface area contributed by atoms with E-state index in [1.54, 1.807) is 16.7 Å². The second-order valence-electron chi connectivity index (χ2n) is 6.20. The van der Waals surface area contributed by atoms with Crippen LogP contribution in [0.4, 0.5) is 0 Å². The molecule has 0 spiro atoms. The number of hydrogen-bond donors (Lipinski definition) is 2. The van der Waals surface area contributed by atoms with Crippen molar-refractivity contribution in [2.45, 2.75) is 6.10 Å². The van der Waals surface area contributed by atoms with Gasteiger partial charge >= 0.3 is 0 Å². The molecule has 4 aromatic rings. The number of imidazole rings is 1. The average molecular weight is 582 g/mol. The van der Waals surface area contributed by atoms with E-state index in [1.807, 2.05) is 6.20 Å². The Morgan fingerprint density at radius 1 is 1.10 bits per heavy atom. The van der Waals surface area contributed by atoms with Crippen molar-refractivity contribution >= 4 is 63.0 Å². The van der Waals surface area contributed by atoms with Crippen LogP contribution in [0.25, 0.3) is 28.6 Å². The molecule has 0 fully saturated rings. The van der Waals surface area contributed by atoms with Crippen LogP contribution in [0.5, 0.6) is 5.75 Å². The summed E-state index contributed by atoms with van der Waals surface area (Å²) >= 11 is 21.0. The zero-order valence-electron chi connectivity index (χ0n) is 14.9. The van der Waals surface area contributed by atoms with Crippen molar-refractivity contribution in [2.75, 3.05) is 13.2 Å². The quantitative estimate of drug-likeness (QED) is 0.326. The summed E-state index contributed by atoms with van der Waals surface area (Å²) in [5.74, 6) is 0.668. The van der Waals surface area contributed by atoms with Gasteiger partial charge in [0.15, 0.2) is 5.65 Å². The molecule has 156 valence electrons. The number of halogens is 4. The first-order valence-corrected chi connectivity index (χ1v) is 10.7. The molecule has 3 aromatic heterocycles. The third-order valence-electron chi connectivity index (χ3n) is 4.02. The van der Waals surface area contributed by atoms with Gasteiger partial charge in [0.25, 0.3) is 5.89 Å². The molecule has 4 rings (SSSR count). The molecule has 12 heteroatoms. The summed E-state index contributed by atoms with van der Waals surface area (Å²) in [5.41, 5.74) is 1.46. The summed E-state index contributed by atoms with van der Waals surface area (Å²) in [6.45, 7) is -0.559. The van der Waals surface area contributed by atoms with Crippen LogP contribution in [-0.2, 0) is 0 Å². The van der Waals surface area contributed by atoms with Crippen LogP contribution in [0.2, 0.25) is 15.1 Å². The van der Waals surface area contributed by atoms with Crippen molar-refractivity contribution in [1.29, 1.82) is 0 Å². The maximum atomic E-state index is 9.41. The molecule has 0 amide bonds. The highest BCUT2D eigenvalue weighted by Gasteiger charge is 2.19. The van der Waals surface area contributed by atoms with Crippen molar-refractivity contribution in [3.8, 4) is 28.7 Å². The molecule has 0 saturated carbocycles. The van der Waals surface area contributed by atoms with Gasteiger partial charge in [-0.2, -0.15) is 4.98 Å². The minimum atomic E-state index is -1.03. The topological polar surface area (TPSA) is 106 Å². The van der Waals surface area contributed by atoms with Crippen molar-refractivity contribution < 1.29 is 19.5 Å². The number of rotatable bonds is 6. The maximum Gasteiger partial charge on any atom is 0.278 e. The van der Waals surface area contributed by atoms with Crippen LogP contribution in [0.3, 0.4) is 0 Å². The number of nitrogens with zero attached hydrogens (tertiary/aromatic N) is 4. The standard InChI is InChI=1S/C18H12Cl3IN4O4/c19-11-3-15(29-7-9(28)6-27)12(20)2-10(11)16-24-18(30-25-16)14-5-26-4-8(22)1-13(21)17(26)23-14/h1-5,9,27-28H,6-7H2. The lowest BCUT2D eigenvalue weighted by atomic mass is 10.2. The monoisotopic (exact) mass is 580 g/mol. The predicted molar refractivity (Wildman–Crippen MR) is 120 cm³/mol. The third-order valence-corrected chi connectivity index (χ3v) is 5.50. The van der Waals surface area contributed by atoms with Crippen LogP contribution in [0.1, 0.15) is 0 Å². The molecule has 1 aromatic carbocycles. The van der Waals surface area contributed by atoms with Crippen LogP contribution in [0.15, 0.2) is 35.1 Å². The summed E-state index contributed by atoms with van der Waals surface area (Å²) < 4.78 is 13.5. The molecule has 8 nitrogen and oxygen atoms in total. The fraction of sp³-hybridized carbons (Fsp3) is 0.167. The van der Waals surface area contributed by atoms with Gasteiger partial charge < -0.3 is 23.9 Å². The highest BCUT2D eigenvalue weighted by molar-refractivity contribution is 14.1. The van der Waals surface area contributed by atoms with E-state index in [0.717, 1.165) is 3.57 Å². The molecule has 0 saturated heterocycles. The minimum Gasteiger partial charge on any atom is -0.489 e. The summed E-state index contributed by atoms with van der Waals surface area (Å²) in [6, 6.07) is 4.81. The third kappa shape index (κ3) is 4.36. The van der Waals surface area contributed by atoms with E-state index < -0.39 is 12.7 Å². The second-order valence-corrected chi connectivity index (χ2v) is 8.66. The zero-order valence-corrected chi connectivity index (χ0v) is 19.3. The Morgan fingerprint density at radius 3 is 2.67 bits per heavy atom. The number of hydrogen-bond acceptors (Lipinski definition) is 7. The van der Waals surface area contributed by atoms with E-state index in [2.05, 4.69) is 37.7 Å². The van der Waals surface area contributed by atoms with E-state index in [4.69, 9.17) is 49.2 Å². The second kappa shape index (κ2) is 8.85. The van der Waals surface area contributed by atoms with Gasteiger partial charge in [0, 0.05) is 27.6 Å². The Balaban J connectivity index is 1.64. The van der Waals surface area contributed by atoms with Crippen molar-refractivity contribution in [3.05, 3.63) is 49.2 Å². The number of fused-ring (bicyclic) bond motifs is 1. The number of aliphatic hydroxyl groups excluding tert-OH is 2. The lowest BCUT2D eigenvalue weighted by molar-refractivity contribution is 0.0536. The first-order chi connectivity index (χ1) is 14.4. The van der Waals surface area contributed by atoms with Gasteiger partial charge in [0.1, 0.15) is 24.2 Å². The van der Waals surface area contributed by atoms with Crippen LogP contribution in [0, 0.1) is 3.57 Å². The number of benzene rings is 1. The van der Waals surface area contributed by atoms with Gasteiger partial charge in [-0.3, -0.25) is 0 Å². The molecule has 0 radical (unpaired) electrons. The summed E-state index contributed by atoms with van der Waals surface area (Å²) in [7, 11) is 0. The lowest BCUT2D eigenvalue weighted by Crippen LogP contribution is -2.21. The van der Waals surface area contributed by atoms with Gasteiger partial charge in [0.2, 0.25) is 5.82 Å². The largest absolute Gasteiger partial charge is 0.489 e. The van der Waals surface area contributed by atoms with Gasteiger partial charge in [-0.05, 0) is 34.7 Å². The first kappa shape index (κ1) is 21.6. The van der Waals surface area contributed by atoms with Gasteiger partial charge in [-0.1, -0.05) is 40.0 Å². The molecule has 0 aliphatic carbocycles. The van der Waals surface area contributed by atoms with E-state index >= 15 is 0 Å². The normalized spacial score (nSPS) is 12.5. The van der Waals surface area contributed by atoms with Crippen LogP contribution in [-0.4, -0.2) is 49.1 Å². The number of aromatic nitrogens is 4. The fourth-order valence-corrected chi connectivity index (χ4v) is 4.12. The Bertz CT molecular complexity index is 1230. The molecule has 0 aliphatic heterocycles. The molecule has 1 unspecified atom stereocenters. The van der Waals surface area contributed by atoms with Gasteiger partial charge in [-0.15, -0.1) is 0 Å². The zero-order chi connectivity index (χ0) is 21.4. The highest BCUT2D eigenvalue weighted by Crippen LogP contribution is 2.36. The Kier molecular flexibility index (Phi) is 6.37. The Hall–Kier alpha value is -1.63. The van der Waals surface area contributed by atoms with Crippen molar-refractivity contribution in [2.24, 2.45) is 0 Å². The molecule has 0 bridgehead atoms. The summed E-state index contributed by atoms with van der Waals surface area (Å²) in [5, 5.41) is 23.3. The van der Waals surface area contributed by atoms with Gasteiger partial charge in [-0.25, -0.2) is 4.98 Å². The number of pyridine rings is 1. The minimum absolute atomic E-state index is 0.131. The van der Waals surface area contributed by atoms with Crippen molar-refractivity contribution in [1.82, 2.24) is 19.5 Å². The smallest absolute Gasteiger partial charge is 0.278 e. The van der Waals surface area contributed by atoms with Crippen molar-refractivity contribution in [3.63, 3.8) is 0 Å². The highest BCUT2D eigenvalue weighted by atomic mass is 127. The maximum absolute atomic E-state index is 9.41. The lowest BCUT2D eigenvalue weighted by Gasteiger charge is -2.12. The van der Waals surface area contributed by atoms with E-state index in [-0.39, 0.29) is 34.1 Å². The van der Waals surface area contributed by atoms with Crippen LogP contribution < -0.4 is 4.74 Å². The Morgan fingerprint density at radius 2 is 1.90 bits per heavy atom. The van der Waals surface area contributed by atoms with E-state index in [9.17, 15) is 5.11 Å². The molecule has 1 atom stereocenters. The summed E-state index contributed by atoms with van der Waals surface area (Å²) in [4.78, 5) is 8.80. The molecule has 0 aliphatic rings. The fourth-order valence-electron chi connectivity index (χ4n) is 2.61. The average Bonchev–Trinajstić information content (AvgIpc) is 3.35. The van der Waals surface area contributed by atoms with Crippen LogP contribution >= 0.6 is 57.4 Å². The molecule has 3 heterocycles. The number of ether oxygens (including phenoxy) is 1. The molecule has 2 N–H and O–H groups in total. The van der Waals surface area contributed by atoms with E-state index in [1.165, 1.54) is 12.1 Å². The van der Waals surface area contributed by atoms with Gasteiger partial charge in [0.05, 0.1) is 21.7 Å². The Labute approximate surface area is 198 Å². The SMILES string of the molecule is OCC(O)COc1cc(Cl)c(-c2noc(-c3cn4cc(I)cc(Cl)c4n3)n2)cc1Cl. The predicted octanol–water partition coefficient (Wildman–Crippen LogP) is 4.35. The van der Waals surface area contributed by atoms with E-state index in [0.29, 0.717) is 21.9 Å². The summed E-state index contributed by atoms with van der Waals surface area (Å²) in [6.07, 6.45) is 2.58. The molecular formula is C18H12Cl3IN4O4.